The van der Waals surface area contributed by atoms with E-state index in [-0.39, 0.29) is 24.5 Å². The molecule has 0 aromatic heterocycles. The van der Waals surface area contributed by atoms with Gasteiger partial charge in [0.2, 0.25) is 0 Å². The molecule has 0 aromatic rings. The van der Waals surface area contributed by atoms with Gasteiger partial charge in [-0.25, -0.2) is 4.79 Å². The van der Waals surface area contributed by atoms with Crippen LogP contribution in [-0.4, -0.2) is 80.4 Å². The third-order valence-electron chi connectivity index (χ3n) is 5.66. The second kappa shape index (κ2) is 11.0. The number of esters is 1. The summed E-state index contributed by atoms with van der Waals surface area (Å²) in [4.78, 5) is 12.0. The number of carbonyl (C=O) groups excluding carboxylic acids is 1. The maximum absolute atomic E-state index is 12.0. The van der Waals surface area contributed by atoms with Crippen LogP contribution < -0.4 is 12.4 Å². The van der Waals surface area contributed by atoms with E-state index >= 15 is 0 Å². The van der Waals surface area contributed by atoms with Gasteiger partial charge in [-0.05, 0) is 37.5 Å². The van der Waals surface area contributed by atoms with Crippen LogP contribution in [0.3, 0.4) is 0 Å². The molecule has 2 rings (SSSR count). The van der Waals surface area contributed by atoms with Crippen molar-refractivity contribution in [2.75, 3.05) is 52.6 Å². The number of hydrogen-bond donors (Lipinski definition) is 1. The third-order valence-corrected chi connectivity index (χ3v) is 5.66. The minimum atomic E-state index is -0.581. The number of hydrogen-bond acceptors (Lipinski definition) is 5. The summed E-state index contributed by atoms with van der Waals surface area (Å²) in [5.41, 5.74) is 0.301. The van der Waals surface area contributed by atoms with Crippen molar-refractivity contribution in [3.8, 4) is 0 Å². The molecule has 1 aliphatic heterocycles. The summed E-state index contributed by atoms with van der Waals surface area (Å²) in [7, 11) is 0. The van der Waals surface area contributed by atoms with Crippen LogP contribution in [0.15, 0.2) is 0 Å². The van der Waals surface area contributed by atoms with E-state index in [0.29, 0.717) is 55.3 Å². The first-order valence-corrected chi connectivity index (χ1v) is 10.1. The first-order valence-electron chi connectivity index (χ1n) is 10.1. The van der Waals surface area contributed by atoms with Gasteiger partial charge in [0.1, 0.15) is 25.7 Å². The highest BCUT2D eigenvalue weighted by atomic mass is 35.5. The molecule has 1 aliphatic carbocycles. The predicted molar refractivity (Wildman–Crippen MR) is 99.7 cm³/mol. The second-order valence-corrected chi connectivity index (χ2v) is 9.07. The zero-order valence-electron chi connectivity index (χ0n) is 17.4. The standard InChI is InChI=1S/C20H38NO5.ClH/c1-5-25-19(23)14-21(6-8-24-9-7-21)13-17(22)15-26-18-10-16(2)11-20(3,4)12-18;/h16-18,22H,5-15H2,1-4H3;1H/q+1;/p-1. The Morgan fingerprint density at radius 3 is 2.56 bits per heavy atom. The number of halogens is 1. The lowest BCUT2D eigenvalue weighted by atomic mass is 9.71. The average molecular weight is 408 g/mol. The van der Waals surface area contributed by atoms with Crippen LogP contribution in [0.5, 0.6) is 0 Å². The number of aliphatic hydroxyl groups is 1. The van der Waals surface area contributed by atoms with Crippen molar-refractivity contribution in [1.29, 1.82) is 0 Å². The highest BCUT2D eigenvalue weighted by Crippen LogP contribution is 2.39. The fourth-order valence-electron chi connectivity index (χ4n) is 4.75. The summed E-state index contributed by atoms with van der Waals surface area (Å²) in [6.45, 7) is 12.9. The highest BCUT2D eigenvalue weighted by molar-refractivity contribution is 5.70. The lowest BCUT2D eigenvalue weighted by Gasteiger charge is -2.42. The summed E-state index contributed by atoms with van der Waals surface area (Å²) in [6, 6.07) is 0. The van der Waals surface area contributed by atoms with Crippen LogP contribution in [0.4, 0.5) is 0 Å². The lowest BCUT2D eigenvalue weighted by molar-refractivity contribution is -0.931. The molecule has 3 unspecified atom stereocenters. The summed E-state index contributed by atoms with van der Waals surface area (Å²) in [5.74, 6) is 0.452. The Bertz CT molecular complexity index is 454. The van der Waals surface area contributed by atoms with Gasteiger partial charge in [-0.2, -0.15) is 0 Å². The van der Waals surface area contributed by atoms with E-state index in [0.717, 1.165) is 25.9 Å². The van der Waals surface area contributed by atoms with Crippen molar-refractivity contribution >= 4 is 5.97 Å². The molecule has 2 aliphatic rings. The Kier molecular flexibility index (Phi) is 10.00. The monoisotopic (exact) mass is 407 g/mol. The molecule has 0 aromatic carbocycles. The van der Waals surface area contributed by atoms with E-state index in [2.05, 4.69) is 20.8 Å². The van der Waals surface area contributed by atoms with Crippen LogP contribution in [0.1, 0.15) is 47.0 Å². The van der Waals surface area contributed by atoms with E-state index < -0.39 is 6.10 Å². The van der Waals surface area contributed by atoms with Crippen molar-refractivity contribution in [2.24, 2.45) is 11.3 Å². The van der Waals surface area contributed by atoms with Gasteiger partial charge in [0.15, 0.2) is 6.54 Å². The van der Waals surface area contributed by atoms with Gasteiger partial charge < -0.3 is 36.2 Å². The van der Waals surface area contributed by atoms with E-state index in [1.165, 1.54) is 6.42 Å². The molecule has 3 atom stereocenters. The molecule has 7 heteroatoms. The minimum absolute atomic E-state index is 0. The minimum Gasteiger partial charge on any atom is -1.00 e. The summed E-state index contributed by atoms with van der Waals surface area (Å²) >= 11 is 0. The SMILES string of the molecule is CCOC(=O)C[N+]1(CC(O)COC2CC(C)CC(C)(C)C2)CCOCC1.[Cl-]. The highest BCUT2D eigenvalue weighted by Gasteiger charge is 2.37. The number of carbonyl (C=O) groups is 1. The van der Waals surface area contributed by atoms with Crippen LogP contribution >= 0.6 is 0 Å². The van der Waals surface area contributed by atoms with Crippen molar-refractivity contribution in [3.63, 3.8) is 0 Å². The zero-order chi connectivity index (χ0) is 19.2. The molecule has 2 fully saturated rings. The van der Waals surface area contributed by atoms with Crippen molar-refractivity contribution in [2.45, 2.75) is 59.2 Å². The number of nitrogens with zero attached hydrogens (tertiary/aromatic N) is 1. The van der Waals surface area contributed by atoms with Gasteiger partial charge in [0, 0.05) is 0 Å². The first kappa shape index (κ1) is 24.6. The maximum atomic E-state index is 12.0. The fraction of sp³-hybridized carbons (Fsp3) is 0.950. The molecule has 1 N–H and O–H groups in total. The van der Waals surface area contributed by atoms with Gasteiger partial charge in [0.05, 0.1) is 32.5 Å². The topological polar surface area (TPSA) is 65.0 Å². The Morgan fingerprint density at radius 1 is 1.30 bits per heavy atom. The Morgan fingerprint density at radius 2 is 1.96 bits per heavy atom. The first-order chi connectivity index (χ1) is 12.2. The predicted octanol–water partition coefficient (Wildman–Crippen LogP) is -1.01. The van der Waals surface area contributed by atoms with Gasteiger partial charge >= 0.3 is 5.97 Å². The summed E-state index contributed by atoms with van der Waals surface area (Å²) < 4.78 is 17.2. The van der Waals surface area contributed by atoms with Gasteiger partial charge in [-0.3, -0.25) is 0 Å². The average Bonchev–Trinajstić information content (AvgIpc) is 2.52. The zero-order valence-corrected chi connectivity index (χ0v) is 18.2. The molecular formula is C20H38ClNO5. The van der Waals surface area contributed by atoms with Crippen molar-refractivity contribution in [3.05, 3.63) is 0 Å². The number of ether oxygens (including phenoxy) is 3. The fourth-order valence-corrected chi connectivity index (χ4v) is 4.75. The number of morpholine rings is 1. The quantitative estimate of drug-likeness (QED) is 0.413. The van der Waals surface area contributed by atoms with Gasteiger partial charge in [-0.1, -0.05) is 20.8 Å². The molecule has 0 spiro atoms. The number of quaternary nitrogens is 1. The molecule has 0 bridgehead atoms. The van der Waals surface area contributed by atoms with Crippen molar-refractivity contribution in [1.82, 2.24) is 0 Å². The summed E-state index contributed by atoms with van der Waals surface area (Å²) in [6.07, 6.45) is 2.97. The molecule has 27 heavy (non-hydrogen) atoms. The van der Waals surface area contributed by atoms with Crippen LogP contribution in [0.25, 0.3) is 0 Å². The molecule has 1 saturated heterocycles. The summed E-state index contributed by atoms with van der Waals surface area (Å²) in [5, 5.41) is 10.6. The van der Waals surface area contributed by atoms with E-state index in [1.54, 1.807) is 0 Å². The van der Waals surface area contributed by atoms with E-state index in [1.807, 2.05) is 6.92 Å². The third kappa shape index (κ3) is 8.24. The van der Waals surface area contributed by atoms with Gasteiger partial charge in [-0.15, -0.1) is 0 Å². The second-order valence-electron chi connectivity index (χ2n) is 9.07. The number of aliphatic hydroxyl groups excluding tert-OH is 1. The Hall–Kier alpha value is -0.400. The lowest BCUT2D eigenvalue weighted by Crippen LogP contribution is -3.00. The van der Waals surface area contributed by atoms with Crippen LogP contribution in [0, 0.1) is 11.3 Å². The van der Waals surface area contributed by atoms with E-state index in [9.17, 15) is 9.90 Å². The van der Waals surface area contributed by atoms with Crippen molar-refractivity contribution < 1.29 is 41.0 Å². The Balaban J connectivity index is 0.00000364. The van der Waals surface area contributed by atoms with E-state index in [4.69, 9.17) is 14.2 Å². The molecule has 6 nitrogen and oxygen atoms in total. The molecule has 0 radical (unpaired) electrons. The normalized spacial score (nSPS) is 28.0. The largest absolute Gasteiger partial charge is 1.00 e. The molecule has 1 saturated carbocycles. The molecule has 0 amide bonds. The molecule has 160 valence electrons. The van der Waals surface area contributed by atoms with Crippen LogP contribution in [-0.2, 0) is 19.0 Å². The van der Waals surface area contributed by atoms with Crippen LogP contribution in [0.2, 0.25) is 0 Å². The maximum Gasteiger partial charge on any atom is 0.361 e. The molecule has 1 heterocycles. The Labute approximate surface area is 170 Å². The number of rotatable bonds is 8. The van der Waals surface area contributed by atoms with Gasteiger partial charge in [0.25, 0.3) is 0 Å². The smallest absolute Gasteiger partial charge is 0.361 e. The molecular weight excluding hydrogens is 370 g/mol.